The molecular weight excluding hydrogens is 389 g/mol. The summed E-state index contributed by atoms with van der Waals surface area (Å²) in [5.74, 6) is -2.64. The maximum atomic E-state index is 12.3. The molecule has 3 rings (SSSR count). The fourth-order valence-electron chi connectivity index (χ4n) is 3.16. The molecule has 7 heteroatoms. The molecule has 140 valence electrons. The third kappa shape index (κ3) is 5.20. The van der Waals surface area contributed by atoms with Gasteiger partial charge in [0.15, 0.2) is 0 Å². The number of ether oxygens (including phenoxy) is 1. The topological polar surface area (TPSA) is 47.6 Å². The third-order valence-corrected chi connectivity index (χ3v) is 6.67. The van der Waals surface area contributed by atoms with Crippen LogP contribution in [0.25, 0.3) is 10.8 Å². The van der Waals surface area contributed by atoms with Crippen LogP contribution in [0.15, 0.2) is 42.5 Å². The number of nitrogens with one attached hydrogen (secondary N) is 1. The molecule has 2 aromatic rings. The Balaban J connectivity index is 1.64. The van der Waals surface area contributed by atoms with Gasteiger partial charge in [0.1, 0.15) is 17.9 Å². The maximum absolute atomic E-state index is 12.3. The number of benzene rings is 2. The fourth-order valence-corrected chi connectivity index (χ4v) is 5.57. The van der Waals surface area contributed by atoms with Gasteiger partial charge in [-0.1, -0.05) is 42.8 Å². The van der Waals surface area contributed by atoms with E-state index < -0.39 is 11.8 Å². The van der Waals surface area contributed by atoms with Crippen molar-refractivity contribution in [2.75, 3.05) is 0 Å². The minimum absolute atomic E-state index is 0.00710. The molecule has 0 bridgehead atoms. The summed E-state index contributed by atoms with van der Waals surface area (Å²) in [4.78, 5) is 12.3. The molecule has 26 heavy (non-hydrogen) atoms. The zero-order valence-corrected chi connectivity index (χ0v) is 17.2. The van der Waals surface area contributed by atoms with Crippen LogP contribution in [-0.4, -0.2) is 18.1 Å². The van der Waals surface area contributed by atoms with Gasteiger partial charge >= 0.3 is 5.97 Å². The molecule has 1 aliphatic rings. The Bertz CT molecular complexity index is 820. The van der Waals surface area contributed by atoms with Crippen LogP contribution in [0.5, 0.6) is 5.75 Å². The van der Waals surface area contributed by atoms with Gasteiger partial charge in [-0.25, -0.2) is 5.09 Å². The lowest BCUT2D eigenvalue weighted by Crippen LogP contribution is -2.36. The van der Waals surface area contributed by atoms with Crippen molar-refractivity contribution in [1.82, 2.24) is 5.09 Å². The van der Waals surface area contributed by atoms with Gasteiger partial charge in [0.05, 0.1) is 0 Å². The van der Waals surface area contributed by atoms with Crippen LogP contribution in [-0.2, 0) is 21.3 Å². The van der Waals surface area contributed by atoms with Crippen LogP contribution in [0, 0.1) is 0 Å². The number of halogens is 1. The molecule has 2 aromatic carbocycles. The van der Waals surface area contributed by atoms with Gasteiger partial charge < -0.3 is 9.26 Å². The lowest BCUT2D eigenvalue weighted by molar-refractivity contribution is -0.152. The van der Waals surface area contributed by atoms with E-state index in [1.165, 1.54) is 6.42 Å². The van der Waals surface area contributed by atoms with Crippen molar-refractivity contribution in [2.24, 2.45) is 0 Å². The summed E-state index contributed by atoms with van der Waals surface area (Å²) in [6.07, 6.45) is 5.30. The summed E-state index contributed by atoms with van der Waals surface area (Å²) in [6, 6.07) is 13.0. The Hall–Kier alpha value is -1.13. The zero-order chi connectivity index (χ0) is 18.6. The van der Waals surface area contributed by atoms with Crippen LogP contribution >= 0.6 is 17.0 Å². The normalized spacial score (nSPS) is 18.8. The Labute approximate surface area is 164 Å². The molecule has 1 fully saturated rings. The summed E-state index contributed by atoms with van der Waals surface area (Å²) in [7, 11) is 0. The van der Waals surface area contributed by atoms with Crippen LogP contribution in [0.4, 0.5) is 0 Å². The van der Waals surface area contributed by atoms with Crippen LogP contribution in [0.2, 0.25) is 0 Å². The molecular formula is C19H23ClNO3PS. The first-order valence-corrected chi connectivity index (χ1v) is 12.5. The quantitative estimate of drug-likeness (QED) is 0.499. The van der Waals surface area contributed by atoms with E-state index in [0.717, 1.165) is 36.5 Å². The standard InChI is InChI=1S/C19H23ClNO3PS/c1-14(19(22)23-16-10-3-2-4-11-16)21-25(20,26)24-18-13-7-9-15-8-5-6-12-17(15)18/h5-9,12-14,16H,2-4,10-11H2,1H3,(H,21,26)/t14-,25?/m0/s1. The van der Waals surface area contributed by atoms with E-state index in [4.69, 9.17) is 32.3 Å². The second kappa shape index (κ2) is 8.71. The SMILES string of the molecule is C[C@H](NP(=S)(Cl)Oc1cccc2ccccc12)C(=O)OC1CCCCC1. The molecule has 0 radical (unpaired) electrons. The van der Waals surface area contributed by atoms with Gasteiger partial charge in [-0.05, 0) is 67.1 Å². The minimum atomic E-state index is -2.93. The van der Waals surface area contributed by atoms with Crippen molar-refractivity contribution in [2.45, 2.75) is 51.2 Å². The molecule has 0 aliphatic heterocycles. The van der Waals surface area contributed by atoms with Crippen LogP contribution < -0.4 is 9.61 Å². The van der Waals surface area contributed by atoms with E-state index in [9.17, 15) is 4.79 Å². The molecule has 0 heterocycles. The summed E-state index contributed by atoms with van der Waals surface area (Å²) in [6.45, 7) is 1.71. The number of hydrogen-bond acceptors (Lipinski definition) is 4. The van der Waals surface area contributed by atoms with Gasteiger partial charge in [-0.2, -0.15) is 0 Å². The molecule has 4 nitrogen and oxygen atoms in total. The second-order valence-corrected chi connectivity index (χ2v) is 11.6. The first-order valence-electron chi connectivity index (χ1n) is 8.90. The van der Waals surface area contributed by atoms with Crippen LogP contribution in [0.1, 0.15) is 39.0 Å². The largest absolute Gasteiger partial charge is 0.461 e. The molecule has 0 aromatic heterocycles. The average molecular weight is 412 g/mol. The van der Waals surface area contributed by atoms with Gasteiger partial charge in [0.2, 0.25) is 0 Å². The maximum Gasteiger partial charge on any atom is 0.323 e. The lowest BCUT2D eigenvalue weighted by atomic mass is 9.98. The summed E-state index contributed by atoms with van der Waals surface area (Å²) < 4.78 is 11.5. The summed E-state index contributed by atoms with van der Waals surface area (Å²) in [5, 5.41) is 4.93. The molecule has 2 atom stereocenters. The van der Waals surface area contributed by atoms with Crippen molar-refractivity contribution < 1.29 is 14.1 Å². The molecule has 0 saturated heterocycles. The van der Waals surface area contributed by atoms with Crippen LogP contribution in [0.3, 0.4) is 0 Å². The molecule has 1 aliphatic carbocycles. The van der Waals surface area contributed by atoms with E-state index in [0.29, 0.717) is 5.75 Å². The van der Waals surface area contributed by atoms with Crippen molar-refractivity contribution in [3.05, 3.63) is 42.5 Å². The Morgan fingerprint density at radius 2 is 1.88 bits per heavy atom. The van der Waals surface area contributed by atoms with Gasteiger partial charge in [0.25, 0.3) is 5.77 Å². The molecule has 1 N–H and O–H groups in total. The van der Waals surface area contributed by atoms with Gasteiger partial charge in [-0.15, -0.1) is 0 Å². The number of hydrogen-bond donors (Lipinski definition) is 1. The lowest BCUT2D eigenvalue weighted by Gasteiger charge is -2.26. The highest BCUT2D eigenvalue weighted by Crippen LogP contribution is 2.50. The van der Waals surface area contributed by atoms with Crippen molar-refractivity contribution in [3.8, 4) is 5.75 Å². The number of esters is 1. The smallest absolute Gasteiger partial charge is 0.323 e. The predicted molar refractivity (Wildman–Crippen MR) is 110 cm³/mol. The average Bonchev–Trinajstić information content (AvgIpc) is 2.62. The van der Waals surface area contributed by atoms with Crippen molar-refractivity contribution in [1.29, 1.82) is 0 Å². The Morgan fingerprint density at radius 1 is 1.19 bits per heavy atom. The highest BCUT2D eigenvalue weighted by atomic mass is 35.7. The van der Waals surface area contributed by atoms with E-state index in [-0.39, 0.29) is 12.1 Å². The first kappa shape index (κ1) is 19.6. The number of carbonyl (C=O) groups is 1. The number of carbonyl (C=O) groups excluding carboxylic acids is 1. The first-order chi connectivity index (χ1) is 12.4. The zero-order valence-electron chi connectivity index (χ0n) is 14.7. The number of rotatable bonds is 6. The number of fused-ring (bicyclic) bond motifs is 1. The molecule has 0 amide bonds. The molecule has 0 spiro atoms. The Morgan fingerprint density at radius 3 is 2.65 bits per heavy atom. The van der Waals surface area contributed by atoms with Crippen molar-refractivity contribution >= 4 is 45.6 Å². The van der Waals surface area contributed by atoms with E-state index in [1.807, 2.05) is 42.5 Å². The monoisotopic (exact) mass is 411 g/mol. The van der Waals surface area contributed by atoms with E-state index in [2.05, 4.69) is 5.09 Å². The third-order valence-electron chi connectivity index (χ3n) is 4.50. The van der Waals surface area contributed by atoms with Gasteiger partial charge in [0, 0.05) is 5.39 Å². The van der Waals surface area contributed by atoms with Gasteiger partial charge in [-0.3, -0.25) is 4.79 Å². The summed E-state index contributed by atoms with van der Waals surface area (Å²) in [5.41, 5.74) is 0. The minimum Gasteiger partial charge on any atom is -0.461 e. The van der Waals surface area contributed by atoms with E-state index >= 15 is 0 Å². The molecule has 1 unspecified atom stereocenters. The fraction of sp³-hybridized carbons (Fsp3) is 0.421. The summed E-state index contributed by atoms with van der Waals surface area (Å²) >= 11 is 11.9. The van der Waals surface area contributed by atoms with E-state index in [1.54, 1.807) is 6.92 Å². The van der Waals surface area contributed by atoms with Crippen molar-refractivity contribution in [3.63, 3.8) is 0 Å². The highest BCUT2D eigenvalue weighted by Gasteiger charge is 2.27. The molecule has 1 saturated carbocycles. The predicted octanol–water partition coefficient (Wildman–Crippen LogP) is 5.54. The second-order valence-electron chi connectivity index (χ2n) is 6.60. The highest BCUT2D eigenvalue weighted by molar-refractivity contribution is 8.23. The Kier molecular flexibility index (Phi) is 6.57.